The molecule has 1 N–H and O–H groups in total. The van der Waals surface area contributed by atoms with E-state index < -0.39 is 0 Å². The van der Waals surface area contributed by atoms with Crippen LogP contribution in [0.15, 0.2) is 18.2 Å². The van der Waals surface area contributed by atoms with Crippen LogP contribution in [-0.2, 0) is 22.4 Å². The van der Waals surface area contributed by atoms with Gasteiger partial charge in [-0.3, -0.25) is 10.1 Å². The number of benzene rings is 1. The number of carbonyl (C=O) groups excluding carboxylic acids is 1. The Morgan fingerprint density at radius 1 is 1.20 bits per heavy atom. The molecule has 0 heterocycles. The van der Waals surface area contributed by atoms with E-state index in [-0.39, 0.29) is 24.0 Å². The van der Waals surface area contributed by atoms with Crippen molar-refractivity contribution >= 4 is 5.97 Å². The normalized spacial score (nSPS) is 16.9. The van der Waals surface area contributed by atoms with Gasteiger partial charge in [0.25, 0.3) is 0 Å². The van der Waals surface area contributed by atoms with Crippen molar-refractivity contribution in [2.45, 2.75) is 52.1 Å². The van der Waals surface area contributed by atoms with Crippen LogP contribution in [0.1, 0.15) is 49.9 Å². The Morgan fingerprint density at radius 3 is 2.55 bits per heavy atom. The number of esters is 1. The number of methoxy groups -OCH3 is 1. The fourth-order valence-electron chi connectivity index (χ4n) is 2.89. The number of ether oxygens (including phenoxy) is 1. The van der Waals surface area contributed by atoms with Crippen LogP contribution in [0, 0.1) is 5.92 Å². The third kappa shape index (κ3) is 3.21. The molecular weight excluding hydrogens is 250 g/mol. The molecule has 0 radical (unpaired) electrons. The van der Waals surface area contributed by atoms with E-state index in [9.17, 15) is 4.79 Å². The van der Waals surface area contributed by atoms with Crippen LogP contribution in [0.2, 0.25) is 0 Å². The van der Waals surface area contributed by atoms with E-state index >= 15 is 0 Å². The second-order valence-electron chi connectivity index (χ2n) is 6.01. The second-order valence-corrected chi connectivity index (χ2v) is 6.01. The highest BCUT2D eigenvalue weighted by Crippen LogP contribution is 2.25. The van der Waals surface area contributed by atoms with Crippen LogP contribution in [0.5, 0.6) is 0 Å². The number of hydrogen-bond donors (Lipinski definition) is 1. The van der Waals surface area contributed by atoms with Gasteiger partial charge in [0.1, 0.15) is 6.04 Å². The molecule has 110 valence electrons. The Labute approximate surface area is 121 Å². The molecule has 1 unspecified atom stereocenters. The van der Waals surface area contributed by atoms with E-state index in [4.69, 9.17) is 4.74 Å². The van der Waals surface area contributed by atoms with Gasteiger partial charge in [0.05, 0.1) is 7.11 Å². The van der Waals surface area contributed by atoms with Crippen molar-refractivity contribution in [3.63, 3.8) is 0 Å². The van der Waals surface area contributed by atoms with Gasteiger partial charge in [-0.05, 0) is 48.8 Å². The van der Waals surface area contributed by atoms with E-state index in [0.717, 1.165) is 0 Å². The number of rotatable bonds is 5. The molecule has 2 atom stereocenters. The molecule has 0 aromatic heterocycles. The smallest absolute Gasteiger partial charge is 0.323 e. The van der Waals surface area contributed by atoms with Gasteiger partial charge in [0.15, 0.2) is 0 Å². The number of hydrogen-bond acceptors (Lipinski definition) is 3. The Hall–Kier alpha value is -1.35. The molecule has 3 nitrogen and oxygen atoms in total. The van der Waals surface area contributed by atoms with Crippen molar-refractivity contribution in [1.29, 1.82) is 0 Å². The molecule has 1 aliphatic rings. The van der Waals surface area contributed by atoms with Crippen LogP contribution in [0.25, 0.3) is 0 Å². The number of aryl methyl sites for hydroxylation is 2. The van der Waals surface area contributed by atoms with Gasteiger partial charge in [-0.1, -0.05) is 32.0 Å². The first kappa shape index (κ1) is 15.0. The van der Waals surface area contributed by atoms with Crippen LogP contribution in [0.3, 0.4) is 0 Å². The zero-order valence-electron chi connectivity index (χ0n) is 12.9. The fraction of sp³-hybridized carbons (Fsp3) is 0.588. The summed E-state index contributed by atoms with van der Waals surface area (Å²) in [7, 11) is 1.44. The average molecular weight is 275 g/mol. The second kappa shape index (κ2) is 6.40. The molecule has 3 heteroatoms. The SMILES string of the molecule is COC(=O)[C@@H](NC(C)c1ccc2c(c1)CCC2)C(C)C. The maximum absolute atomic E-state index is 11.8. The van der Waals surface area contributed by atoms with E-state index in [0.29, 0.717) is 0 Å². The van der Waals surface area contributed by atoms with Gasteiger partial charge < -0.3 is 4.74 Å². The summed E-state index contributed by atoms with van der Waals surface area (Å²) in [6, 6.07) is 6.58. The van der Waals surface area contributed by atoms with Crippen LogP contribution in [-0.4, -0.2) is 19.1 Å². The Bertz CT molecular complexity index is 482. The summed E-state index contributed by atoms with van der Waals surface area (Å²) in [6.45, 7) is 6.17. The van der Waals surface area contributed by atoms with E-state index in [2.05, 4.69) is 30.4 Å². The molecule has 0 saturated heterocycles. The molecule has 0 fully saturated rings. The summed E-state index contributed by atoms with van der Waals surface area (Å²) in [6.07, 6.45) is 3.64. The van der Waals surface area contributed by atoms with Crippen molar-refractivity contribution in [3.05, 3.63) is 34.9 Å². The fourth-order valence-corrected chi connectivity index (χ4v) is 2.89. The molecule has 0 amide bonds. The molecule has 0 bridgehead atoms. The Balaban J connectivity index is 2.10. The topological polar surface area (TPSA) is 38.3 Å². The van der Waals surface area contributed by atoms with E-state index in [1.54, 1.807) is 0 Å². The van der Waals surface area contributed by atoms with E-state index in [1.807, 2.05) is 13.8 Å². The summed E-state index contributed by atoms with van der Waals surface area (Å²) in [5.41, 5.74) is 4.20. The highest BCUT2D eigenvalue weighted by atomic mass is 16.5. The van der Waals surface area contributed by atoms with Crippen molar-refractivity contribution in [2.24, 2.45) is 5.92 Å². The third-order valence-electron chi connectivity index (χ3n) is 4.17. The number of nitrogens with one attached hydrogen (secondary N) is 1. The molecule has 1 aromatic carbocycles. The average Bonchev–Trinajstić information content (AvgIpc) is 2.90. The lowest BCUT2D eigenvalue weighted by molar-refractivity contribution is -0.144. The summed E-state index contributed by atoms with van der Waals surface area (Å²) in [5, 5.41) is 3.40. The van der Waals surface area contributed by atoms with Gasteiger partial charge >= 0.3 is 5.97 Å². The van der Waals surface area contributed by atoms with Crippen LogP contribution in [0.4, 0.5) is 0 Å². The first-order valence-electron chi connectivity index (χ1n) is 7.48. The summed E-state index contributed by atoms with van der Waals surface area (Å²) in [4.78, 5) is 11.8. The molecule has 1 aromatic rings. The monoisotopic (exact) mass is 275 g/mol. The number of carbonyl (C=O) groups is 1. The number of fused-ring (bicyclic) bond motifs is 1. The zero-order chi connectivity index (χ0) is 14.7. The highest BCUT2D eigenvalue weighted by Gasteiger charge is 2.25. The largest absolute Gasteiger partial charge is 0.468 e. The summed E-state index contributed by atoms with van der Waals surface area (Å²) >= 11 is 0. The first-order valence-corrected chi connectivity index (χ1v) is 7.48. The van der Waals surface area contributed by atoms with Crippen LogP contribution < -0.4 is 5.32 Å². The van der Waals surface area contributed by atoms with Gasteiger partial charge in [-0.15, -0.1) is 0 Å². The lowest BCUT2D eigenvalue weighted by Crippen LogP contribution is -2.42. The van der Waals surface area contributed by atoms with Gasteiger partial charge in [0, 0.05) is 6.04 Å². The molecular formula is C17H25NO2. The maximum atomic E-state index is 11.8. The van der Waals surface area contributed by atoms with Crippen molar-refractivity contribution in [3.8, 4) is 0 Å². The predicted octanol–water partition coefficient (Wildman–Crippen LogP) is 3.02. The molecule has 0 aliphatic heterocycles. The standard InChI is InChI=1S/C17H25NO2/c1-11(2)16(17(19)20-4)18-12(3)14-9-8-13-6-5-7-15(13)10-14/h8-12,16,18H,5-7H2,1-4H3/t12?,16-/m0/s1. The Kier molecular flexibility index (Phi) is 4.81. The summed E-state index contributed by atoms with van der Waals surface area (Å²) < 4.78 is 4.88. The van der Waals surface area contributed by atoms with Gasteiger partial charge in [-0.2, -0.15) is 0 Å². The van der Waals surface area contributed by atoms with Crippen molar-refractivity contribution in [1.82, 2.24) is 5.32 Å². The van der Waals surface area contributed by atoms with Crippen molar-refractivity contribution < 1.29 is 9.53 Å². The quantitative estimate of drug-likeness (QED) is 0.839. The van der Waals surface area contributed by atoms with Gasteiger partial charge in [-0.25, -0.2) is 0 Å². The molecule has 20 heavy (non-hydrogen) atoms. The van der Waals surface area contributed by atoms with Crippen molar-refractivity contribution in [2.75, 3.05) is 7.11 Å². The van der Waals surface area contributed by atoms with Crippen LogP contribution >= 0.6 is 0 Å². The lowest BCUT2D eigenvalue weighted by Gasteiger charge is -2.25. The minimum absolute atomic E-state index is 0.146. The lowest BCUT2D eigenvalue weighted by atomic mass is 9.99. The third-order valence-corrected chi connectivity index (χ3v) is 4.17. The minimum atomic E-state index is -0.261. The summed E-state index contributed by atoms with van der Waals surface area (Å²) in [5.74, 6) is 0.0207. The molecule has 2 rings (SSSR count). The first-order chi connectivity index (χ1) is 9.52. The zero-order valence-corrected chi connectivity index (χ0v) is 12.9. The Morgan fingerprint density at radius 2 is 1.90 bits per heavy atom. The maximum Gasteiger partial charge on any atom is 0.323 e. The van der Waals surface area contributed by atoms with Gasteiger partial charge in [0.2, 0.25) is 0 Å². The molecule has 0 saturated carbocycles. The molecule has 0 spiro atoms. The highest BCUT2D eigenvalue weighted by molar-refractivity contribution is 5.76. The predicted molar refractivity (Wildman–Crippen MR) is 80.7 cm³/mol. The minimum Gasteiger partial charge on any atom is -0.468 e. The van der Waals surface area contributed by atoms with E-state index in [1.165, 1.54) is 43.1 Å². The molecule has 1 aliphatic carbocycles.